The van der Waals surface area contributed by atoms with Gasteiger partial charge in [0, 0.05) is 12.1 Å². The molecule has 29 heavy (non-hydrogen) atoms. The molecule has 0 amide bonds. The zero-order chi connectivity index (χ0) is 19.8. The van der Waals surface area contributed by atoms with Gasteiger partial charge < -0.3 is 10.2 Å². The van der Waals surface area contributed by atoms with Crippen molar-refractivity contribution in [3.05, 3.63) is 90.0 Å². The molecule has 0 aromatic heterocycles. The van der Waals surface area contributed by atoms with E-state index in [1.807, 2.05) is 24.3 Å². The lowest BCUT2D eigenvalue weighted by atomic mass is 9.84. The topological polar surface area (TPSA) is 50.7 Å². The van der Waals surface area contributed by atoms with E-state index in [9.17, 15) is 4.79 Å². The molecule has 1 heterocycles. The summed E-state index contributed by atoms with van der Waals surface area (Å²) in [5.74, 6) is 0.560. The number of nitrogens with one attached hydrogen (secondary N) is 1. The van der Waals surface area contributed by atoms with Crippen molar-refractivity contribution in [1.29, 1.82) is 0 Å². The molecule has 0 saturated heterocycles. The van der Waals surface area contributed by atoms with Gasteiger partial charge in [0.1, 0.15) is 11.5 Å². The molecule has 5 rings (SSSR count). The molecule has 1 aliphatic heterocycles. The van der Waals surface area contributed by atoms with Crippen molar-refractivity contribution in [3.63, 3.8) is 0 Å². The number of hydrazone groups is 1. The molecule has 1 aliphatic rings. The maximum absolute atomic E-state index is 13.3. The van der Waals surface area contributed by atoms with Crippen LogP contribution in [0.5, 0.6) is 5.75 Å². The van der Waals surface area contributed by atoms with Gasteiger partial charge in [0.25, 0.3) is 0 Å². The minimum atomic E-state index is -0.111. The molecule has 1 atom stereocenters. The van der Waals surface area contributed by atoms with Crippen molar-refractivity contribution in [2.24, 2.45) is 5.10 Å². The number of fused-ring (bicyclic) bond motifs is 2. The highest BCUT2D eigenvalue weighted by Crippen LogP contribution is 2.36. The number of ketones is 1. The van der Waals surface area contributed by atoms with Crippen LogP contribution in [0.1, 0.15) is 21.8 Å². The molecule has 4 aromatic carbocycles. The van der Waals surface area contributed by atoms with Gasteiger partial charge in [-0.25, -0.2) is 0 Å². The Hall–Kier alpha value is -3.66. The van der Waals surface area contributed by atoms with E-state index in [0.717, 1.165) is 22.1 Å². The molecule has 0 spiro atoms. The third-order valence-corrected chi connectivity index (χ3v) is 5.57. The molecule has 0 aliphatic carbocycles. The van der Waals surface area contributed by atoms with Gasteiger partial charge in [-0.15, -0.1) is 0 Å². The summed E-state index contributed by atoms with van der Waals surface area (Å²) in [5, 5.41) is 9.08. The first-order chi connectivity index (χ1) is 14.3. The predicted molar refractivity (Wildman–Crippen MR) is 117 cm³/mol. The van der Waals surface area contributed by atoms with Crippen molar-refractivity contribution >= 4 is 33.0 Å². The second-order valence-electron chi connectivity index (χ2n) is 7.20. The molecule has 0 bridgehead atoms. The van der Waals surface area contributed by atoms with Crippen molar-refractivity contribution in [2.75, 3.05) is 13.7 Å². The number of carbonyl (C=O) groups excluding carboxylic acids is 1. The van der Waals surface area contributed by atoms with Crippen LogP contribution in [0.25, 0.3) is 21.5 Å². The lowest BCUT2D eigenvalue weighted by molar-refractivity contribution is 0.106. The fraction of sp³-hybridized carbons (Fsp3) is 0.120. The van der Waals surface area contributed by atoms with Crippen LogP contribution in [-0.2, 0) is 0 Å². The minimum Gasteiger partial charge on any atom is -0.497 e. The number of benzene rings is 4. The molecule has 4 nitrogen and oxygen atoms in total. The normalized spacial score (nSPS) is 15.9. The van der Waals surface area contributed by atoms with Gasteiger partial charge in [0.15, 0.2) is 0 Å². The highest BCUT2D eigenvalue weighted by molar-refractivity contribution is 6.48. The van der Waals surface area contributed by atoms with Gasteiger partial charge in [-0.05, 0) is 57.4 Å². The molecule has 4 aromatic rings. The molecule has 1 N–H and O–H groups in total. The minimum absolute atomic E-state index is 0.0559. The number of hydrogen-bond donors (Lipinski definition) is 1. The van der Waals surface area contributed by atoms with E-state index in [4.69, 9.17) is 4.74 Å². The van der Waals surface area contributed by atoms with Crippen LogP contribution in [0.4, 0.5) is 0 Å². The number of carbonyl (C=O) groups is 1. The maximum atomic E-state index is 13.3. The molecule has 142 valence electrons. The van der Waals surface area contributed by atoms with Gasteiger partial charge >= 0.3 is 0 Å². The second kappa shape index (κ2) is 7.06. The van der Waals surface area contributed by atoms with Crippen LogP contribution in [0.15, 0.2) is 84.0 Å². The van der Waals surface area contributed by atoms with Crippen LogP contribution < -0.4 is 10.2 Å². The summed E-state index contributed by atoms with van der Waals surface area (Å²) in [7, 11) is 1.61. The lowest BCUT2D eigenvalue weighted by Crippen LogP contribution is -2.22. The molecule has 0 saturated carbocycles. The number of Topliss-reactive ketones (excluding diaryl/α,β-unsaturated/α-hetero) is 1. The van der Waals surface area contributed by atoms with Crippen LogP contribution in [0, 0.1) is 0 Å². The first kappa shape index (κ1) is 17.4. The Morgan fingerprint density at radius 3 is 2.17 bits per heavy atom. The predicted octanol–water partition coefficient (Wildman–Crippen LogP) is 4.93. The van der Waals surface area contributed by atoms with E-state index >= 15 is 0 Å². The quantitative estimate of drug-likeness (QED) is 0.404. The number of nitrogens with zero attached hydrogens (tertiary/aromatic N) is 1. The third kappa shape index (κ3) is 2.93. The first-order valence-corrected chi connectivity index (χ1v) is 9.66. The fourth-order valence-electron chi connectivity index (χ4n) is 4.16. The SMILES string of the molecule is COc1ccc(C(=O)C2=NNC[C@H]2c2c3ccccc3cc3ccccc23)cc1. The number of rotatable bonds is 4. The summed E-state index contributed by atoms with van der Waals surface area (Å²) in [6.45, 7) is 0.606. The van der Waals surface area contributed by atoms with Crippen LogP contribution in [0.2, 0.25) is 0 Å². The maximum Gasteiger partial charge on any atom is 0.209 e. The van der Waals surface area contributed by atoms with Crippen molar-refractivity contribution in [2.45, 2.75) is 5.92 Å². The molecular weight excluding hydrogens is 360 g/mol. The molecule has 0 unspecified atom stereocenters. The Bertz CT molecular complexity index is 1210. The number of hydrogen-bond acceptors (Lipinski definition) is 4. The van der Waals surface area contributed by atoms with E-state index in [2.05, 4.69) is 40.9 Å². The van der Waals surface area contributed by atoms with Gasteiger partial charge in [0.2, 0.25) is 5.78 Å². The summed E-state index contributed by atoms with van der Waals surface area (Å²) in [6, 6.07) is 26.1. The van der Waals surface area contributed by atoms with E-state index in [0.29, 0.717) is 17.8 Å². The third-order valence-electron chi connectivity index (χ3n) is 5.57. The average Bonchev–Trinajstić information content (AvgIpc) is 3.26. The Kier molecular flexibility index (Phi) is 4.24. The van der Waals surface area contributed by atoms with Gasteiger partial charge in [-0.2, -0.15) is 5.10 Å². The Morgan fingerprint density at radius 1 is 0.931 bits per heavy atom. The van der Waals surface area contributed by atoms with Crippen molar-refractivity contribution in [3.8, 4) is 5.75 Å². The van der Waals surface area contributed by atoms with Crippen LogP contribution >= 0.6 is 0 Å². The van der Waals surface area contributed by atoms with Gasteiger partial charge in [0.05, 0.1) is 13.0 Å². The summed E-state index contributed by atoms with van der Waals surface area (Å²) < 4.78 is 5.21. The van der Waals surface area contributed by atoms with Crippen LogP contribution in [0.3, 0.4) is 0 Å². The Labute approximate surface area is 168 Å². The fourth-order valence-corrected chi connectivity index (χ4v) is 4.16. The van der Waals surface area contributed by atoms with E-state index < -0.39 is 0 Å². The first-order valence-electron chi connectivity index (χ1n) is 9.66. The lowest BCUT2D eigenvalue weighted by Gasteiger charge is -2.18. The monoisotopic (exact) mass is 380 g/mol. The van der Waals surface area contributed by atoms with E-state index in [1.54, 1.807) is 31.4 Å². The number of methoxy groups -OCH3 is 1. The largest absolute Gasteiger partial charge is 0.497 e. The molecule has 0 fully saturated rings. The highest BCUT2D eigenvalue weighted by atomic mass is 16.5. The van der Waals surface area contributed by atoms with E-state index in [-0.39, 0.29) is 11.7 Å². The van der Waals surface area contributed by atoms with Crippen molar-refractivity contribution in [1.82, 2.24) is 5.43 Å². The summed E-state index contributed by atoms with van der Waals surface area (Å²) in [6.07, 6.45) is 0. The number of ether oxygens (including phenoxy) is 1. The Morgan fingerprint density at radius 2 is 1.55 bits per heavy atom. The summed E-state index contributed by atoms with van der Waals surface area (Å²) >= 11 is 0. The standard InChI is InChI=1S/C25H20N2O2/c1-29-19-12-10-16(11-13-19)25(28)24-22(15-26-27-24)23-20-8-4-2-6-17(20)14-18-7-3-5-9-21(18)23/h2-14,22,26H,15H2,1H3/t22-/m0/s1. The molecular formula is C25H20N2O2. The summed E-state index contributed by atoms with van der Waals surface area (Å²) in [5.41, 5.74) is 5.39. The summed E-state index contributed by atoms with van der Waals surface area (Å²) in [4.78, 5) is 13.3. The Balaban J connectivity index is 1.65. The highest BCUT2D eigenvalue weighted by Gasteiger charge is 2.31. The second-order valence-corrected chi connectivity index (χ2v) is 7.20. The van der Waals surface area contributed by atoms with Gasteiger partial charge in [-0.3, -0.25) is 4.79 Å². The zero-order valence-electron chi connectivity index (χ0n) is 16.1. The van der Waals surface area contributed by atoms with Gasteiger partial charge in [-0.1, -0.05) is 48.5 Å². The van der Waals surface area contributed by atoms with E-state index in [1.165, 1.54) is 10.8 Å². The van der Waals surface area contributed by atoms with Crippen molar-refractivity contribution < 1.29 is 9.53 Å². The van der Waals surface area contributed by atoms with Crippen LogP contribution in [-0.4, -0.2) is 25.1 Å². The average molecular weight is 380 g/mol. The molecule has 4 heteroatoms. The zero-order valence-corrected chi connectivity index (χ0v) is 16.1. The smallest absolute Gasteiger partial charge is 0.209 e. The molecule has 0 radical (unpaired) electrons.